The highest BCUT2D eigenvalue weighted by molar-refractivity contribution is 7.32. The van der Waals surface area contributed by atoms with E-state index < -0.39 is 0 Å². The van der Waals surface area contributed by atoms with Crippen LogP contribution >= 0.6 is 8.81 Å². The third kappa shape index (κ3) is 3.39. The van der Waals surface area contributed by atoms with Crippen LogP contribution in [0.1, 0.15) is 24.2 Å². The highest BCUT2D eigenvalue weighted by Crippen LogP contribution is 2.32. The molecule has 0 aromatic heterocycles. The summed E-state index contributed by atoms with van der Waals surface area (Å²) in [5, 5.41) is 0. The van der Waals surface area contributed by atoms with Crippen LogP contribution in [0.4, 0.5) is 0 Å². The molecule has 0 aliphatic carbocycles. The van der Waals surface area contributed by atoms with Gasteiger partial charge in [-0.15, -0.1) is 0 Å². The van der Waals surface area contributed by atoms with Crippen molar-refractivity contribution in [1.82, 2.24) is 0 Å². The summed E-state index contributed by atoms with van der Waals surface area (Å²) in [6, 6.07) is 20.8. The van der Waals surface area contributed by atoms with E-state index in [0.29, 0.717) is 8.81 Å². The summed E-state index contributed by atoms with van der Waals surface area (Å²) in [6.07, 6.45) is 1.13. The highest BCUT2D eigenvalue weighted by Gasteiger charge is 2.13. The van der Waals surface area contributed by atoms with E-state index in [4.69, 9.17) is 4.52 Å². The van der Waals surface area contributed by atoms with Crippen LogP contribution < -0.4 is 0 Å². The average Bonchev–Trinajstić information content (AvgIpc) is 2.42. The Morgan fingerprint density at radius 1 is 0.882 bits per heavy atom. The lowest BCUT2D eigenvalue weighted by Crippen LogP contribution is -2.01. The molecule has 2 aromatic carbocycles. The first-order chi connectivity index (χ1) is 8.42. The van der Waals surface area contributed by atoms with Crippen molar-refractivity contribution < 1.29 is 4.52 Å². The number of benzene rings is 2. The zero-order valence-electron chi connectivity index (χ0n) is 9.97. The maximum Gasteiger partial charge on any atom is 0.111 e. The molecule has 0 N–H and O–H groups in total. The third-order valence-corrected chi connectivity index (χ3v) is 3.24. The lowest BCUT2D eigenvalue weighted by molar-refractivity contribution is 0.286. The van der Waals surface area contributed by atoms with Crippen LogP contribution in [0.5, 0.6) is 0 Å². The topological polar surface area (TPSA) is 9.23 Å². The van der Waals surface area contributed by atoms with Gasteiger partial charge in [-0.3, -0.25) is 0 Å². The molecule has 0 aliphatic rings. The molecule has 0 aliphatic heterocycles. The second kappa shape index (κ2) is 6.54. The van der Waals surface area contributed by atoms with Crippen molar-refractivity contribution in [3.63, 3.8) is 0 Å². The fourth-order valence-corrected chi connectivity index (χ4v) is 2.36. The van der Waals surface area contributed by atoms with Crippen LogP contribution in [-0.2, 0) is 4.52 Å². The first-order valence-electron chi connectivity index (χ1n) is 5.90. The molecule has 0 amide bonds. The molecular weight excluding hydrogens is 227 g/mol. The van der Waals surface area contributed by atoms with E-state index in [1.165, 1.54) is 11.1 Å². The summed E-state index contributed by atoms with van der Waals surface area (Å²) in [5.41, 5.74) is 2.44. The molecule has 0 radical (unpaired) electrons. The van der Waals surface area contributed by atoms with Crippen molar-refractivity contribution in [1.29, 1.82) is 0 Å². The molecule has 2 heteroatoms. The normalized spacial score (nSPS) is 11.4. The van der Waals surface area contributed by atoms with Gasteiger partial charge in [-0.25, -0.2) is 0 Å². The van der Waals surface area contributed by atoms with Gasteiger partial charge in [0.15, 0.2) is 0 Å². The zero-order valence-corrected chi connectivity index (χ0v) is 11.0. The fraction of sp³-hybridized carbons (Fsp3) is 0.200. The standard InChI is InChI=1S/C15H17OP/c1-2-17-16-15(13-9-5-3-6-10-13)14-11-7-4-8-12-14/h3-12,15,17H,2H2,1H3. The van der Waals surface area contributed by atoms with Crippen molar-refractivity contribution in [3.05, 3.63) is 71.8 Å². The van der Waals surface area contributed by atoms with E-state index in [9.17, 15) is 0 Å². The maximum atomic E-state index is 5.99. The number of rotatable bonds is 5. The smallest absolute Gasteiger partial charge is 0.111 e. The van der Waals surface area contributed by atoms with Gasteiger partial charge in [0.1, 0.15) is 6.10 Å². The number of hydrogen-bond acceptors (Lipinski definition) is 1. The van der Waals surface area contributed by atoms with Gasteiger partial charge in [0.25, 0.3) is 0 Å². The minimum atomic E-state index is 0.0654. The molecule has 0 saturated heterocycles. The van der Waals surface area contributed by atoms with Gasteiger partial charge in [0.05, 0.1) is 0 Å². The Bertz CT molecular complexity index is 388. The Balaban J connectivity index is 2.26. The molecule has 2 aromatic rings. The molecular formula is C15H17OP. The molecule has 88 valence electrons. The van der Waals surface area contributed by atoms with Crippen molar-refractivity contribution in [2.75, 3.05) is 6.16 Å². The Kier molecular flexibility index (Phi) is 4.73. The Morgan fingerprint density at radius 2 is 1.35 bits per heavy atom. The molecule has 2 rings (SSSR count). The van der Waals surface area contributed by atoms with Crippen molar-refractivity contribution in [3.8, 4) is 0 Å². The Hall–Kier alpha value is -1.17. The molecule has 1 unspecified atom stereocenters. The van der Waals surface area contributed by atoms with Crippen LogP contribution in [0.15, 0.2) is 60.7 Å². The van der Waals surface area contributed by atoms with Gasteiger partial charge in [-0.2, -0.15) is 0 Å². The van der Waals surface area contributed by atoms with E-state index in [1.807, 2.05) is 12.1 Å². The molecule has 17 heavy (non-hydrogen) atoms. The third-order valence-electron chi connectivity index (χ3n) is 2.55. The van der Waals surface area contributed by atoms with E-state index in [2.05, 4.69) is 55.5 Å². The molecule has 0 heterocycles. The van der Waals surface area contributed by atoms with Crippen LogP contribution in [0.2, 0.25) is 0 Å². The highest BCUT2D eigenvalue weighted by atomic mass is 31.1. The number of hydrogen-bond donors (Lipinski definition) is 0. The predicted molar refractivity (Wildman–Crippen MR) is 74.7 cm³/mol. The maximum absolute atomic E-state index is 5.99. The largest absolute Gasteiger partial charge is 0.350 e. The van der Waals surface area contributed by atoms with Crippen LogP contribution in [0, 0.1) is 0 Å². The Labute approximate surface area is 105 Å². The lowest BCUT2D eigenvalue weighted by atomic mass is 10.0. The quantitative estimate of drug-likeness (QED) is 0.708. The van der Waals surface area contributed by atoms with E-state index in [-0.39, 0.29) is 6.10 Å². The molecule has 1 nitrogen and oxygen atoms in total. The summed E-state index contributed by atoms with van der Waals surface area (Å²) in [5.74, 6) is 0. The van der Waals surface area contributed by atoms with E-state index in [0.717, 1.165) is 6.16 Å². The monoisotopic (exact) mass is 244 g/mol. The molecule has 1 atom stereocenters. The van der Waals surface area contributed by atoms with Crippen LogP contribution in [0.25, 0.3) is 0 Å². The molecule has 0 fully saturated rings. The van der Waals surface area contributed by atoms with Gasteiger partial charge in [0.2, 0.25) is 0 Å². The summed E-state index contributed by atoms with van der Waals surface area (Å²) in [4.78, 5) is 0. The fourth-order valence-electron chi connectivity index (χ4n) is 1.75. The summed E-state index contributed by atoms with van der Waals surface area (Å²) in [7, 11) is 0.546. The van der Waals surface area contributed by atoms with Gasteiger partial charge in [-0.05, 0) is 17.3 Å². The molecule has 0 saturated carbocycles. The van der Waals surface area contributed by atoms with E-state index in [1.54, 1.807) is 0 Å². The first kappa shape index (κ1) is 12.3. The molecule has 0 spiro atoms. The SMILES string of the molecule is CCPOC(c1ccccc1)c1ccccc1. The average molecular weight is 244 g/mol. The van der Waals surface area contributed by atoms with Crippen LogP contribution in [0.3, 0.4) is 0 Å². The second-order valence-corrected chi connectivity index (χ2v) is 5.05. The van der Waals surface area contributed by atoms with Crippen molar-refractivity contribution in [2.24, 2.45) is 0 Å². The van der Waals surface area contributed by atoms with E-state index >= 15 is 0 Å². The van der Waals surface area contributed by atoms with Crippen molar-refractivity contribution >= 4 is 8.81 Å². The van der Waals surface area contributed by atoms with Gasteiger partial charge < -0.3 is 4.52 Å². The van der Waals surface area contributed by atoms with Gasteiger partial charge in [0, 0.05) is 8.81 Å². The van der Waals surface area contributed by atoms with Gasteiger partial charge >= 0.3 is 0 Å². The minimum Gasteiger partial charge on any atom is -0.350 e. The summed E-state index contributed by atoms with van der Waals surface area (Å²) >= 11 is 0. The lowest BCUT2D eigenvalue weighted by Gasteiger charge is -2.18. The van der Waals surface area contributed by atoms with Crippen molar-refractivity contribution in [2.45, 2.75) is 13.0 Å². The first-order valence-corrected chi connectivity index (χ1v) is 7.01. The Morgan fingerprint density at radius 3 is 1.76 bits per heavy atom. The zero-order chi connectivity index (χ0) is 11.9. The molecule has 0 bridgehead atoms. The van der Waals surface area contributed by atoms with Gasteiger partial charge in [-0.1, -0.05) is 67.6 Å². The van der Waals surface area contributed by atoms with Crippen LogP contribution in [-0.4, -0.2) is 6.16 Å². The predicted octanol–water partition coefficient (Wildman–Crippen LogP) is 4.41. The minimum absolute atomic E-state index is 0.0654. The second-order valence-electron chi connectivity index (χ2n) is 3.82. The summed E-state index contributed by atoms with van der Waals surface area (Å²) < 4.78 is 5.99. The summed E-state index contributed by atoms with van der Waals surface area (Å²) in [6.45, 7) is 2.14.